The Balaban J connectivity index is 1.70. The van der Waals surface area contributed by atoms with Gasteiger partial charge in [0.2, 0.25) is 0 Å². The number of fused-ring (bicyclic) bond motifs is 1. The van der Waals surface area contributed by atoms with Crippen LogP contribution in [0, 0.1) is 5.82 Å². The van der Waals surface area contributed by atoms with E-state index in [0.717, 1.165) is 12.8 Å². The van der Waals surface area contributed by atoms with Crippen LogP contribution in [0.4, 0.5) is 4.39 Å². The van der Waals surface area contributed by atoms with E-state index in [2.05, 4.69) is 10.3 Å². The molecule has 0 radical (unpaired) electrons. The zero-order valence-electron chi connectivity index (χ0n) is 15.7. The van der Waals surface area contributed by atoms with Gasteiger partial charge in [0, 0.05) is 28.8 Å². The highest BCUT2D eigenvalue weighted by molar-refractivity contribution is 6.32. The third-order valence-corrected chi connectivity index (χ3v) is 5.38. The minimum atomic E-state index is -0.363. The molecule has 1 aliphatic carbocycles. The zero-order valence-corrected chi connectivity index (χ0v) is 16.4. The summed E-state index contributed by atoms with van der Waals surface area (Å²) in [5.74, 6) is 0.193. The number of hydrogen-bond donors (Lipinski definition) is 1. The fourth-order valence-electron chi connectivity index (χ4n) is 3.05. The zero-order chi connectivity index (χ0) is 19.9. The van der Waals surface area contributed by atoms with Gasteiger partial charge in [-0.15, -0.1) is 0 Å². The first kappa shape index (κ1) is 18.7. The van der Waals surface area contributed by atoms with Crippen LogP contribution in [0.3, 0.4) is 0 Å². The van der Waals surface area contributed by atoms with Crippen molar-refractivity contribution in [1.82, 2.24) is 10.3 Å². The topological polar surface area (TPSA) is 51.2 Å². The lowest BCUT2D eigenvalue weighted by molar-refractivity contribution is 0.0935. The first-order valence-electron chi connectivity index (χ1n) is 9.25. The molecule has 2 aromatic carbocycles. The highest BCUT2D eigenvalue weighted by Gasteiger charge is 2.38. The van der Waals surface area contributed by atoms with Crippen LogP contribution in [0.1, 0.15) is 42.6 Å². The molecule has 1 N–H and O–H groups in total. The third kappa shape index (κ3) is 3.67. The Labute approximate surface area is 167 Å². The van der Waals surface area contributed by atoms with Crippen LogP contribution >= 0.6 is 11.6 Å². The first-order chi connectivity index (χ1) is 13.4. The standard InChI is InChI=1S/C22H20ClFN2O2/c1-3-13-11-16(23)20(12-17(13)24)28-19-6-9-25-18-5-4-14(10-15(18)19)21(27)26-22(2)7-8-22/h4-6,9-12H,3,7-8H2,1-2H3,(H,26,27). The normalized spacial score (nSPS) is 14.7. The molecule has 0 atom stereocenters. The molecule has 0 spiro atoms. The second-order valence-corrected chi connectivity index (χ2v) is 7.79. The van der Waals surface area contributed by atoms with Crippen molar-refractivity contribution in [1.29, 1.82) is 0 Å². The van der Waals surface area contributed by atoms with Gasteiger partial charge < -0.3 is 10.1 Å². The van der Waals surface area contributed by atoms with Gasteiger partial charge in [-0.25, -0.2) is 4.39 Å². The smallest absolute Gasteiger partial charge is 0.251 e. The average molecular weight is 399 g/mol. The summed E-state index contributed by atoms with van der Waals surface area (Å²) in [7, 11) is 0. The number of aryl methyl sites for hydroxylation is 1. The fraction of sp³-hybridized carbons (Fsp3) is 0.273. The van der Waals surface area contributed by atoms with Gasteiger partial charge in [-0.05, 0) is 62.1 Å². The van der Waals surface area contributed by atoms with Crippen LogP contribution in [-0.2, 0) is 6.42 Å². The maximum absolute atomic E-state index is 14.2. The summed E-state index contributed by atoms with van der Waals surface area (Å²) >= 11 is 6.27. The monoisotopic (exact) mass is 398 g/mol. The van der Waals surface area contributed by atoms with Crippen LogP contribution in [-0.4, -0.2) is 16.4 Å². The molecule has 1 saturated carbocycles. The van der Waals surface area contributed by atoms with Crippen molar-refractivity contribution in [2.24, 2.45) is 0 Å². The van der Waals surface area contributed by atoms with Crippen molar-refractivity contribution in [2.45, 2.75) is 38.6 Å². The van der Waals surface area contributed by atoms with E-state index in [1.807, 2.05) is 13.8 Å². The van der Waals surface area contributed by atoms with Crippen LogP contribution < -0.4 is 10.1 Å². The van der Waals surface area contributed by atoms with Gasteiger partial charge in [0.1, 0.15) is 17.3 Å². The Morgan fingerprint density at radius 3 is 2.75 bits per heavy atom. The molecule has 1 aromatic heterocycles. The molecule has 1 fully saturated rings. The molecule has 1 heterocycles. The summed E-state index contributed by atoms with van der Waals surface area (Å²) in [5.41, 5.74) is 1.63. The molecular formula is C22H20ClFN2O2. The quantitative estimate of drug-likeness (QED) is 0.602. The van der Waals surface area contributed by atoms with Crippen molar-refractivity contribution in [3.05, 3.63) is 64.6 Å². The van der Waals surface area contributed by atoms with E-state index in [0.29, 0.717) is 39.2 Å². The Morgan fingerprint density at radius 1 is 1.25 bits per heavy atom. The van der Waals surface area contributed by atoms with Gasteiger partial charge in [0.25, 0.3) is 5.91 Å². The minimum absolute atomic E-state index is 0.105. The summed E-state index contributed by atoms with van der Waals surface area (Å²) < 4.78 is 20.1. The molecule has 3 aromatic rings. The van der Waals surface area contributed by atoms with Crippen molar-refractivity contribution in [3.8, 4) is 11.5 Å². The molecular weight excluding hydrogens is 379 g/mol. The highest BCUT2D eigenvalue weighted by Crippen LogP contribution is 2.36. The maximum Gasteiger partial charge on any atom is 0.251 e. The summed E-state index contributed by atoms with van der Waals surface area (Å²) in [6, 6.07) is 9.79. The Kier molecular flexibility index (Phi) is 4.71. The van der Waals surface area contributed by atoms with E-state index >= 15 is 0 Å². The number of ether oxygens (including phenoxy) is 1. The number of carbonyl (C=O) groups is 1. The van der Waals surface area contributed by atoms with E-state index in [-0.39, 0.29) is 23.0 Å². The van der Waals surface area contributed by atoms with Gasteiger partial charge in [0.05, 0.1) is 10.5 Å². The van der Waals surface area contributed by atoms with Gasteiger partial charge >= 0.3 is 0 Å². The highest BCUT2D eigenvalue weighted by atomic mass is 35.5. The first-order valence-corrected chi connectivity index (χ1v) is 9.63. The number of pyridine rings is 1. The number of carbonyl (C=O) groups excluding carboxylic acids is 1. The number of rotatable bonds is 5. The SMILES string of the molecule is CCc1cc(Cl)c(Oc2ccnc3ccc(C(=O)NC4(C)CC4)cc23)cc1F. The predicted octanol–water partition coefficient (Wildman–Crippen LogP) is 5.66. The summed E-state index contributed by atoms with van der Waals surface area (Å²) in [6.07, 6.45) is 4.12. The number of amides is 1. The number of hydrogen-bond acceptors (Lipinski definition) is 3. The van der Waals surface area contributed by atoms with Gasteiger partial charge in [-0.3, -0.25) is 9.78 Å². The molecule has 6 heteroatoms. The Bertz CT molecular complexity index is 1080. The fourth-order valence-corrected chi connectivity index (χ4v) is 3.27. The van der Waals surface area contributed by atoms with Gasteiger partial charge in [0.15, 0.2) is 0 Å². The molecule has 0 aliphatic heterocycles. The Hall–Kier alpha value is -2.66. The lowest BCUT2D eigenvalue weighted by Crippen LogP contribution is -2.34. The van der Waals surface area contributed by atoms with Crippen molar-refractivity contribution in [3.63, 3.8) is 0 Å². The molecule has 1 aliphatic rings. The summed E-state index contributed by atoms with van der Waals surface area (Å²) in [4.78, 5) is 16.9. The summed E-state index contributed by atoms with van der Waals surface area (Å²) in [6.45, 7) is 3.89. The second-order valence-electron chi connectivity index (χ2n) is 7.39. The second kappa shape index (κ2) is 7.06. The molecule has 4 rings (SSSR count). The van der Waals surface area contributed by atoms with Gasteiger partial charge in [-0.2, -0.15) is 0 Å². The van der Waals surface area contributed by atoms with E-state index in [4.69, 9.17) is 16.3 Å². The molecule has 4 nitrogen and oxygen atoms in total. The van der Waals surface area contributed by atoms with E-state index in [9.17, 15) is 9.18 Å². The Morgan fingerprint density at radius 2 is 2.04 bits per heavy atom. The van der Waals surface area contributed by atoms with Crippen LogP contribution in [0.15, 0.2) is 42.6 Å². The largest absolute Gasteiger partial charge is 0.455 e. The molecule has 0 bridgehead atoms. The minimum Gasteiger partial charge on any atom is -0.455 e. The van der Waals surface area contributed by atoms with Crippen molar-refractivity contribution in [2.75, 3.05) is 0 Å². The lowest BCUT2D eigenvalue weighted by atomic mass is 10.1. The van der Waals surface area contributed by atoms with Crippen molar-refractivity contribution < 1.29 is 13.9 Å². The number of halogens is 2. The van der Waals surface area contributed by atoms with E-state index in [1.165, 1.54) is 6.07 Å². The van der Waals surface area contributed by atoms with Crippen molar-refractivity contribution >= 4 is 28.4 Å². The van der Waals surface area contributed by atoms with E-state index < -0.39 is 0 Å². The molecule has 0 unspecified atom stereocenters. The third-order valence-electron chi connectivity index (χ3n) is 5.08. The maximum atomic E-state index is 14.2. The molecule has 28 heavy (non-hydrogen) atoms. The number of aromatic nitrogens is 1. The summed E-state index contributed by atoms with van der Waals surface area (Å²) in [5, 5.41) is 4.03. The molecule has 0 saturated heterocycles. The van der Waals surface area contributed by atoms with Crippen LogP contribution in [0.2, 0.25) is 5.02 Å². The van der Waals surface area contributed by atoms with E-state index in [1.54, 1.807) is 36.5 Å². The lowest BCUT2D eigenvalue weighted by Gasteiger charge is -2.14. The number of nitrogens with zero attached hydrogens (tertiary/aromatic N) is 1. The number of benzene rings is 2. The predicted molar refractivity (Wildman–Crippen MR) is 108 cm³/mol. The molecule has 1 amide bonds. The van der Waals surface area contributed by atoms with Crippen LogP contribution in [0.5, 0.6) is 11.5 Å². The molecule has 144 valence electrons. The number of nitrogens with one attached hydrogen (secondary N) is 1. The average Bonchev–Trinajstić information content (AvgIpc) is 3.40. The van der Waals surface area contributed by atoms with Crippen LogP contribution in [0.25, 0.3) is 10.9 Å². The van der Waals surface area contributed by atoms with Gasteiger partial charge in [-0.1, -0.05) is 18.5 Å².